The molecule has 0 bridgehead atoms. The Morgan fingerprint density at radius 3 is 2.81 bits per heavy atom. The highest BCUT2D eigenvalue weighted by atomic mass is 32.2. The van der Waals surface area contributed by atoms with Gasteiger partial charge in [-0.2, -0.15) is 0 Å². The lowest BCUT2D eigenvalue weighted by Gasteiger charge is -2.33. The summed E-state index contributed by atoms with van der Waals surface area (Å²) in [6.45, 7) is 2.59. The number of carbonyl (C=O) groups excluding carboxylic acids is 1. The standard InChI is InChI=1S/C14H15NO4S2/c1-9-10-6-8-20-12(10)5-7-15(9)14(16)11-3-4-13(19-11)21(2,17)18/h3-4,6,8-9H,5,7H2,1-2H3. The molecule has 5 nitrogen and oxygen atoms in total. The van der Waals surface area contributed by atoms with Gasteiger partial charge in [-0.1, -0.05) is 0 Å². The highest BCUT2D eigenvalue weighted by Gasteiger charge is 2.31. The molecule has 2 aromatic heterocycles. The molecule has 0 spiro atoms. The van der Waals surface area contributed by atoms with Gasteiger partial charge in [0.15, 0.2) is 5.76 Å². The number of hydrogen-bond acceptors (Lipinski definition) is 5. The van der Waals surface area contributed by atoms with Crippen molar-refractivity contribution in [1.29, 1.82) is 0 Å². The van der Waals surface area contributed by atoms with Gasteiger partial charge in [0, 0.05) is 17.7 Å². The number of rotatable bonds is 2. The molecule has 0 radical (unpaired) electrons. The van der Waals surface area contributed by atoms with Crippen molar-refractivity contribution < 1.29 is 17.6 Å². The van der Waals surface area contributed by atoms with Crippen LogP contribution in [0.15, 0.2) is 33.1 Å². The van der Waals surface area contributed by atoms with E-state index in [-0.39, 0.29) is 22.8 Å². The number of furan rings is 1. The van der Waals surface area contributed by atoms with E-state index in [2.05, 4.69) is 0 Å². The maximum Gasteiger partial charge on any atom is 0.290 e. The molecule has 1 atom stereocenters. The molecule has 0 fully saturated rings. The second-order valence-corrected chi connectivity index (χ2v) is 8.06. The summed E-state index contributed by atoms with van der Waals surface area (Å²) in [6.07, 6.45) is 1.88. The minimum Gasteiger partial charge on any atom is -0.440 e. The van der Waals surface area contributed by atoms with Gasteiger partial charge in [-0.3, -0.25) is 4.79 Å². The molecule has 2 aromatic rings. The number of fused-ring (bicyclic) bond motifs is 1. The van der Waals surface area contributed by atoms with Gasteiger partial charge < -0.3 is 9.32 Å². The number of nitrogens with zero attached hydrogens (tertiary/aromatic N) is 1. The smallest absolute Gasteiger partial charge is 0.290 e. The fourth-order valence-electron chi connectivity index (χ4n) is 2.56. The number of sulfone groups is 1. The third-order valence-electron chi connectivity index (χ3n) is 3.70. The third-order valence-corrected chi connectivity index (χ3v) is 5.64. The Bertz CT molecular complexity index is 788. The van der Waals surface area contributed by atoms with Gasteiger partial charge in [0.1, 0.15) is 0 Å². The summed E-state index contributed by atoms with van der Waals surface area (Å²) < 4.78 is 28.0. The molecule has 1 amide bonds. The molecule has 0 saturated heterocycles. The maximum absolute atomic E-state index is 12.5. The van der Waals surface area contributed by atoms with Crippen LogP contribution in [-0.2, 0) is 16.3 Å². The lowest BCUT2D eigenvalue weighted by Crippen LogP contribution is -2.38. The van der Waals surface area contributed by atoms with E-state index in [0.717, 1.165) is 18.2 Å². The van der Waals surface area contributed by atoms with Crippen LogP contribution >= 0.6 is 11.3 Å². The average Bonchev–Trinajstić information content (AvgIpc) is 3.07. The van der Waals surface area contributed by atoms with E-state index in [1.165, 1.54) is 17.0 Å². The Hall–Kier alpha value is -1.60. The van der Waals surface area contributed by atoms with Crippen molar-refractivity contribution in [3.8, 4) is 0 Å². The van der Waals surface area contributed by atoms with E-state index in [1.54, 1.807) is 16.2 Å². The summed E-state index contributed by atoms with van der Waals surface area (Å²) in [5, 5.41) is 1.86. The summed E-state index contributed by atoms with van der Waals surface area (Å²) in [5.41, 5.74) is 1.16. The van der Waals surface area contributed by atoms with Crippen LogP contribution < -0.4 is 0 Å². The summed E-state index contributed by atoms with van der Waals surface area (Å²) in [4.78, 5) is 15.6. The zero-order chi connectivity index (χ0) is 15.2. The molecule has 21 heavy (non-hydrogen) atoms. The van der Waals surface area contributed by atoms with Gasteiger partial charge in [-0.15, -0.1) is 11.3 Å². The molecular weight excluding hydrogens is 310 g/mol. The van der Waals surface area contributed by atoms with Gasteiger partial charge in [-0.25, -0.2) is 8.42 Å². The Balaban J connectivity index is 1.88. The monoisotopic (exact) mass is 325 g/mol. The Labute approximate surface area is 127 Å². The van der Waals surface area contributed by atoms with E-state index < -0.39 is 9.84 Å². The first-order chi connectivity index (χ1) is 9.88. The van der Waals surface area contributed by atoms with Crippen LogP contribution in [0, 0.1) is 0 Å². The second kappa shape index (κ2) is 4.99. The predicted molar refractivity (Wildman–Crippen MR) is 79.3 cm³/mol. The quantitative estimate of drug-likeness (QED) is 0.851. The van der Waals surface area contributed by atoms with E-state index in [0.29, 0.717) is 6.54 Å². The Morgan fingerprint density at radius 2 is 2.14 bits per heavy atom. The molecule has 1 aliphatic rings. The van der Waals surface area contributed by atoms with Gasteiger partial charge >= 0.3 is 0 Å². The van der Waals surface area contributed by atoms with Crippen molar-refractivity contribution in [1.82, 2.24) is 4.90 Å². The summed E-state index contributed by atoms with van der Waals surface area (Å²) in [6, 6.07) is 4.76. The van der Waals surface area contributed by atoms with E-state index in [4.69, 9.17) is 4.42 Å². The zero-order valence-corrected chi connectivity index (χ0v) is 13.3. The second-order valence-electron chi connectivity index (χ2n) is 5.11. The fraction of sp³-hybridized carbons (Fsp3) is 0.357. The Kier molecular flexibility index (Phi) is 3.41. The normalized spacial score (nSPS) is 18.6. The van der Waals surface area contributed by atoms with Crippen molar-refractivity contribution >= 4 is 27.1 Å². The van der Waals surface area contributed by atoms with Crippen LogP contribution in [0.2, 0.25) is 0 Å². The van der Waals surface area contributed by atoms with Crippen molar-refractivity contribution in [2.45, 2.75) is 24.5 Å². The first-order valence-corrected chi connectivity index (χ1v) is 9.32. The van der Waals surface area contributed by atoms with Crippen molar-refractivity contribution in [3.63, 3.8) is 0 Å². The van der Waals surface area contributed by atoms with Gasteiger partial charge in [-0.05, 0) is 42.5 Å². The number of hydrogen-bond donors (Lipinski definition) is 0. The number of amides is 1. The molecule has 1 aliphatic heterocycles. The molecule has 7 heteroatoms. The molecule has 0 N–H and O–H groups in total. The van der Waals surface area contributed by atoms with Gasteiger partial charge in [0.2, 0.25) is 14.9 Å². The first-order valence-electron chi connectivity index (χ1n) is 6.55. The number of thiophene rings is 1. The molecule has 0 aliphatic carbocycles. The molecule has 3 heterocycles. The van der Waals surface area contributed by atoms with Crippen molar-refractivity contribution in [2.24, 2.45) is 0 Å². The summed E-state index contributed by atoms with van der Waals surface area (Å²) >= 11 is 1.71. The predicted octanol–water partition coefficient (Wildman–Crippen LogP) is 2.50. The van der Waals surface area contributed by atoms with E-state index >= 15 is 0 Å². The molecule has 112 valence electrons. The zero-order valence-electron chi connectivity index (χ0n) is 11.7. The number of carbonyl (C=O) groups is 1. The summed E-state index contributed by atoms with van der Waals surface area (Å²) in [5.74, 6) is -0.199. The van der Waals surface area contributed by atoms with Crippen LogP contribution in [0.5, 0.6) is 0 Å². The molecular formula is C14H15NO4S2. The van der Waals surface area contributed by atoms with Crippen LogP contribution in [0.1, 0.15) is 34.0 Å². The van der Waals surface area contributed by atoms with Crippen molar-refractivity contribution in [2.75, 3.05) is 12.8 Å². The minimum atomic E-state index is -3.44. The van der Waals surface area contributed by atoms with Crippen LogP contribution in [-0.4, -0.2) is 32.0 Å². The largest absolute Gasteiger partial charge is 0.440 e. The molecule has 1 unspecified atom stereocenters. The molecule has 0 saturated carbocycles. The van der Waals surface area contributed by atoms with Crippen LogP contribution in [0.3, 0.4) is 0 Å². The SMILES string of the molecule is CC1c2ccsc2CCN1C(=O)c1ccc(S(C)(=O)=O)o1. The molecule has 3 rings (SSSR count). The maximum atomic E-state index is 12.5. The lowest BCUT2D eigenvalue weighted by molar-refractivity contribution is 0.0641. The van der Waals surface area contributed by atoms with E-state index in [9.17, 15) is 13.2 Å². The first kappa shape index (κ1) is 14.3. The summed E-state index contributed by atoms with van der Waals surface area (Å²) in [7, 11) is -3.44. The third kappa shape index (κ3) is 2.51. The van der Waals surface area contributed by atoms with Crippen LogP contribution in [0.25, 0.3) is 0 Å². The van der Waals surface area contributed by atoms with Crippen LogP contribution in [0.4, 0.5) is 0 Å². The average molecular weight is 325 g/mol. The molecule has 0 aromatic carbocycles. The fourth-order valence-corrected chi connectivity index (χ4v) is 4.08. The minimum absolute atomic E-state index is 0.0284. The van der Waals surface area contributed by atoms with Gasteiger partial charge in [0.25, 0.3) is 5.91 Å². The highest BCUT2D eigenvalue weighted by molar-refractivity contribution is 7.90. The topological polar surface area (TPSA) is 67.6 Å². The highest BCUT2D eigenvalue weighted by Crippen LogP contribution is 2.33. The van der Waals surface area contributed by atoms with E-state index in [1.807, 2.05) is 18.4 Å². The Morgan fingerprint density at radius 1 is 1.38 bits per heavy atom. The van der Waals surface area contributed by atoms with Gasteiger partial charge in [0.05, 0.1) is 6.04 Å². The van der Waals surface area contributed by atoms with Crippen molar-refractivity contribution in [3.05, 3.63) is 39.8 Å². The lowest BCUT2D eigenvalue weighted by atomic mass is 10.0.